The Kier molecular flexibility index (Phi) is 2.63. The van der Waals surface area contributed by atoms with Gasteiger partial charge in [0.15, 0.2) is 0 Å². The Labute approximate surface area is 88.5 Å². The normalized spacial score (nSPS) is 23.1. The van der Waals surface area contributed by atoms with Gasteiger partial charge in [0, 0.05) is 0 Å². The van der Waals surface area contributed by atoms with Crippen LogP contribution in [0.2, 0.25) is 0 Å². The van der Waals surface area contributed by atoms with E-state index in [0.717, 1.165) is 0 Å². The van der Waals surface area contributed by atoms with Crippen molar-refractivity contribution < 1.29 is 0 Å². The van der Waals surface area contributed by atoms with Crippen molar-refractivity contribution in [3.8, 4) is 0 Å². The van der Waals surface area contributed by atoms with Gasteiger partial charge in [-0.1, -0.05) is 0 Å². The van der Waals surface area contributed by atoms with Gasteiger partial charge in [-0.05, 0) is 0 Å². The molecule has 0 aliphatic heterocycles. The molecule has 0 saturated heterocycles. The van der Waals surface area contributed by atoms with Crippen molar-refractivity contribution in [3.05, 3.63) is 0 Å². The van der Waals surface area contributed by atoms with Crippen LogP contribution in [0.3, 0.4) is 0 Å². The summed E-state index contributed by atoms with van der Waals surface area (Å²) in [5.41, 5.74) is 0. The van der Waals surface area contributed by atoms with Crippen LogP contribution in [0.15, 0.2) is 0 Å². The molecule has 0 N–H and O–H groups in total. The monoisotopic (exact) mass is 501 g/mol. The standard InChI is InChI=1S/Br6Si/c1-7(2,3,4,5)6/q-2. The van der Waals surface area contributed by atoms with Crippen LogP contribution in [0.5, 0.6) is 0 Å². The molecule has 7 heavy (non-hydrogen) atoms. The minimum absolute atomic E-state index is 2.97. The van der Waals surface area contributed by atoms with E-state index in [1.165, 1.54) is 0 Å². The van der Waals surface area contributed by atoms with Gasteiger partial charge in [-0.3, -0.25) is 0 Å². The average molecular weight is 508 g/mol. The summed E-state index contributed by atoms with van der Waals surface area (Å²) in [6, 6.07) is 0. The van der Waals surface area contributed by atoms with Gasteiger partial charge in [0.25, 0.3) is 0 Å². The zero-order valence-corrected chi connectivity index (χ0v) is 13.3. The van der Waals surface area contributed by atoms with Gasteiger partial charge in [-0.25, -0.2) is 0 Å². The van der Waals surface area contributed by atoms with E-state index in [1.807, 2.05) is 0 Å². The third-order valence-electron chi connectivity index (χ3n) is 0. The summed E-state index contributed by atoms with van der Waals surface area (Å²) in [7, 11) is 0. The molecule has 0 atom stereocenters. The first-order valence-electron chi connectivity index (χ1n) is 1.13. The second-order valence-electron chi connectivity index (χ2n) is 1.07. The first-order valence-corrected chi connectivity index (χ1v) is 17.7. The van der Waals surface area contributed by atoms with Crippen molar-refractivity contribution in [2.45, 2.75) is 0 Å². The molecule has 0 aromatic heterocycles. The molecule has 0 aliphatic rings. The average Bonchev–Trinajstić information content (AvgIpc) is 0.592. The third-order valence-corrected chi connectivity index (χ3v) is 0. The topological polar surface area (TPSA) is 0 Å². The molecule has 0 radical (unpaired) electrons. The SMILES string of the molecule is Br[Si-2](Br)(Br)(Br)(Br)Br. The molecule has 0 fully saturated rings. The fourth-order valence-electron chi connectivity index (χ4n) is 0. The van der Waals surface area contributed by atoms with Gasteiger partial charge in [-0.15, -0.1) is 0 Å². The predicted octanol–water partition coefficient (Wildman–Crippen LogP) is 4.69. The Bertz CT molecular complexity index is 62.7. The summed E-state index contributed by atoms with van der Waals surface area (Å²) >= 11 is 19.9. The van der Waals surface area contributed by atoms with E-state index >= 15 is 0 Å². The van der Waals surface area contributed by atoms with Crippen LogP contribution in [0.1, 0.15) is 0 Å². The van der Waals surface area contributed by atoms with Gasteiger partial charge in [0.1, 0.15) is 0 Å². The van der Waals surface area contributed by atoms with Crippen LogP contribution in [-0.2, 0) is 0 Å². The molecule has 0 aromatic rings. The molecular formula is Br6Si-2. The first-order chi connectivity index (χ1) is 2.45. The second-order valence-corrected chi connectivity index (χ2v) is 86.8. The van der Waals surface area contributed by atoms with Crippen LogP contribution >= 0.6 is 91.8 Å². The molecule has 0 saturated carbocycles. The molecule has 0 bridgehead atoms. The van der Waals surface area contributed by atoms with E-state index in [0.29, 0.717) is 0 Å². The van der Waals surface area contributed by atoms with Crippen molar-refractivity contribution in [1.82, 2.24) is 0 Å². The fourth-order valence-corrected chi connectivity index (χ4v) is 0. The summed E-state index contributed by atoms with van der Waals surface area (Å²) in [5, 5.41) is 0. The molecular weight excluding hydrogens is 508 g/mol. The summed E-state index contributed by atoms with van der Waals surface area (Å²) in [4.78, 5) is 0. The van der Waals surface area contributed by atoms with Crippen molar-refractivity contribution in [2.75, 3.05) is 0 Å². The number of hydrogen-bond donors (Lipinski definition) is 0. The minimum atomic E-state index is -2.97. The van der Waals surface area contributed by atoms with Gasteiger partial charge < -0.3 is 0 Å². The van der Waals surface area contributed by atoms with Gasteiger partial charge >= 0.3 is 90.1 Å². The maximum absolute atomic E-state index is 3.32. The van der Waals surface area contributed by atoms with E-state index < -0.39 is -1.66 Å². The Hall–Kier alpha value is 3.10. The molecule has 48 valence electrons. The molecule has 0 amide bonds. The Morgan fingerprint density at radius 1 is 0.571 bits per heavy atom. The third kappa shape index (κ3) is 47.8. The first kappa shape index (κ1) is 10.1. The summed E-state index contributed by atoms with van der Waals surface area (Å²) in [6.07, 6.45) is 0. The van der Waals surface area contributed by atoms with E-state index in [4.69, 9.17) is 0 Å². The van der Waals surface area contributed by atoms with Crippen LogP contribution in [0, 0.1) is 0 Å². The van der Waals surface area contributed by atoms with Crippen molar-refractivity contribution in [1.29, 1.82) is 0 Å². The van der Waals surface area contributed by atoms with E-state index in [9.17, 15) is 0 Å². The Morgan fingerprint density at radius 3 is 0.571 bits per heavy atom. The molecule has 0 heterocycles. The number of rotatable bonds is 0. The zero-order chi connectivity index (χ0) is 6.41. The van der Waals surface area contributed by atoms with E-state index in [-0.39, 0.29) is 0 Å². The Morgan fingerprint density at radius 2 is 0.571 bits per heavy atom. The zero-order valence-electron chi connectivity index (χ0n) is 2.77. The van der Waals surface area contributed by atoms with Gasteiger partial charge in [-0.2, -0.15) is 0 Å². The Balaban J connectivity index is 4.43. The molecule has 0 rings (SSSR count). The molecule has 0 unspecified atom stereocenters. The second kappa shape index (κ2) is 1.82. The van der Waals surface area contributed by atoms with Crippen LogP contribution in [0.4, 0.5) is 0 Å². The molecule has 7 heteroatoms. The number of hydrogen-bond acceptors (Lipinski definition) is 0. The van der Waals surface area contributed by atoms with Crippen molar-refractivity contribution in [3.63, 3.8) is 0 Å². The van der Waals surface area contributed by atoms with Crippen molar-refractivity contribution in [2.24, 2.45) is 0 Å². The summed E-state index contributed by atoms with van der Waals surface area (Å²) in [5.74, 6) is 0. The van der Waals surface area contributed by atoms with Gasteiger partial charge in [0.05, 0.1) is 0 Å². The van der Waals surface area contributed by atoms with Crippen LogP contribution < -0.4 is 0 Å². The maximum atomic E-state index is 3.32. The quantitative estimate of drug-likeness (QED) is 0.330. The molecule has 0 aliphatic carbocycles. The summed E-state index contributed by atoms with van der Waals surface area (Å²) in [6.45, 7) is 0. The van der Waals surface area contributed by atoms with E-state index in [2.05, 4.69) is 91.8 Å². The molecule has 0 aromatic carbocycles. The predicted molar refractivity (Wildman–Crippen MR) is 59.3 cm³/mol. The van der Waals surface area contributed by atoms with Gasteiger partial charge in [0.2, 0.25) is 0 Å². The van der Waals surface area contributed by atoms with E-state index in [1.54, 1.807) is 0 Å². The number of halogens is 6. The van der Waals surface area contributed by atoms with Crippen LogP contribution in [-0.4, -0.2) is -1.66 Å². The summed E-state index contributed by atoms with van der Waals surface area (Å²) < 4.78 is -2.97. The van der Waals surface area contributed by atoms with Crippen LogP contribution in [0.25, 0.3) is 0 Å². The molecule has 0 spiro atoms. The van der Waals surface area contributed by atoms with Crippen molar-refractivity contribution >= 4 is 90.1 Å². The fraction of sp³-hybridized carbons (Fsp3) is 0. The molecule has 0 nitrogen and oxygen atoms in total.